The Morgan fingerprint density at radius 3 is 2.76 bits per heavy atom. The van der Waals surface area contributed by atoms with Crippen LogP contribution in [0.2, 0.25) is 5.02 Å². The summed E-state index contributed by atoms with van der Waals surface area (Å²) in [6, 6.07) is 13.0. The fourth-order valence-corrected chi connectivity index (χ4v) is 2.97. The number of hydrogen-bond acceptors (Lipinski definition) is 2. The van der Waals surface area contributed by atoms with Crippen molar-refractivity contribution in [2.75, 3.05) is 16.8 Å². The van der Waals surface area contributed by atoms with Gasteiger partial charge in [0, 0.05) is 24.1 Å². The molecule has 0 unspecified atom stereocenters. The lowest BCUT2D eigenvalue weighted by atomic mass is 10.1. The van der Waals surface area contributed by atoms with Crippen LogP contribution in [0.15, 0.2) is 48.5 Å². The predicted molar refractivity (Wildman–Crippen MR) is 102 cm³/mol. The Bertz CT molecular complexity index is 845. The molecule has 5 heteroatoms. The fraction of sp³-hybridized carbons (Fsp3) is 0.200. The summed E-state index contributed by atoms with van der Waals surface area (Å²) in [5.74, 6) is -0.165. The molecule has 0 saturated carbocycles. The number of aryl methyl sites for hydroxylation is 1. The number of para-hydroxylation sites is 2. The minimum absolute atomic E-state index is 0.0894. The van der Waals surface area contributed by atoms with Crippen molar-refractivity contribution in [3.05, 3.63) is 64.7 Å². The lowest BCUT2D eigenvalue weighted by Crippen LogP contribution is -2.25. The van der Waals surface area contributed by atoms with Gasteiger partial charge in [0.1, 0.15) is 0 Å². The SMILES string of the molecule is Cc1ccc(/C=C/C(=O)Nc2ccccc2N2CCCC2=O)cc1Cl. The Labute approximate surface area is 152 Å². The van der Waals surface area contributed by atoms with Crippen molar-refractivity contribution in [2.45, 2.75) is 19.8 Å². The van der Waals surface area contributed by atoms with Crippen LogP contribution < -0.4 is 10.2 Å². The highest BCUT2D eigenvalue weighted by atomic mass is 35.5. The number of rotatable bonds is 4. The molecule has 0 aromatic heterocycles. The molecule has 1 saturated heterocycles. The first-order valence-corrected chi connectivity index (χ1v) is 8.57. The molecule has 0 bridgehead atoms. The monoisotopic (exact) mass is 354 g/mol. The Balaban J connectivity index is 1.74. The van der Waals surface area contributed by atoms with E-state index in [1.807, 2.05) is 43.3 Å². The second-order valence-electron chi connectivity index (χ2n) is 6.00. The third kappa shape index (κ3) is 4.09. The molecule has 2 aromatic carbocycles. The van der Waals surface area contributed by atoms with Crippen LogP contribution in [0, 0.1) is 6.92 Å². The molecule has 1 aliphatic heterocycles. The highest BCUT2D eigenvalue weighted by Crippen LogP contribution is 2.29. The normalized spacial score (nSPS) is 14.3. The summed E-state index contributed by atoms with van der Waals surface area (Å²) in [7, 11) is 0. The van der Waals surface area contributed by atoms with E-state index in [1.54, 1.807) is 17.0 Å². The van der Waals surface area contributed by atoms with Gasteiger partial charge in [-0.15, -0.1) is 0 Å². The number of nitrogens with zero attached hydrogens (tertiary/aromatic N) is 1. The standard InChI is InChI=1S/C20H19ClN2O2/c1-14-8-9-15(13-16(14)21)10-11-19(24)22-17-5-2-3-6-18(17)23-12-4-7-20(23)25/h2-3,5-6,8-11,13H,4,7,12H2,1H3,(H,22,24)/b11-10+. The van der Waals surface area contributed by atoms with Crippen LogP contribution in [0.5, 0.6) is 0 Å². The number of hydrogen-bond donors (Lipinski definition) is 1. The molecule has 0 atom stereocenters. The minimum Gasteiger partial charge on any atom is -0.321 e. The summed E-state index contributed by atoms with van der Waals surface area (Å²) < 4.78 is 0. The number of nitrogens with one attached hydrogen (secondary N) is 1. The molecule has 1 N–H and O–H groups in total. The average molecular weight is 355 g/mol. The van der Waals surface area contributed by atoms with Crippen LogP contribution in [-0.4, -0.2) is 18.4 Å². The van der Waals surface area contributed by atoms with Gasteiger partial charge in [-0.1, -0.05) is 35.9 Å². The third-order valence-electron chi connectivity index (χ3n) is 4.15. The van der Waals surface area contributed by atoms with Gasteiger partial charge >= 0.3 is 0 Å². The van der Waals surface area contributed by atoms with E-state index in [0.717, 1.165) is 23.2 Å². The summed E-state index contributed by atoms with van der Waals surface area (Å²) in [6.45, 7) is 2.61. The number of benzene rings is 2. The average Bonchev–Trinajstić information content (AvgIpc) is 3.02. The molecular weight excluding hydrogens is 336 g/mol. The zero-order valence-corrected chi connectivity index (χ0v) is 14.7. The highest BCUT2D eigenvalue weighted by molar-refractivity contribution is 6.31. The van der Waals surface area contributed by atoms with Gasteiger partial charge in [0.05, 0.1) is 11.4 Å². The molecule has 0 spiro atoms. The highest BCUT2D eigenvalue weighted by Gasteiger charge is 2.23. The first kappa shape index (κ1) is 17.2. The second kappa shape index (κ2) is 7.53. The van der Waals surface area contributed by atoms with Crippen molar-refractivity contribution in [3.63, 3.8) is 0 Å². The van der Waals surface area contributed by atoms with Gasteiger partial charge < -0.3 is 10.2 Å². The molecule has 0 aliphatic carbocycles. The van der Waals surface area contributed by atoms with Crippen molar-refractivity contribution >= 4 is 40.9 Å². The predicted octanol–water partition coefficient (Wildman–Crippen LogP) is 4.43. The maximum absolute atomic E-state index is 12.3. The van der Waals surface area contributed by atoms with Crippen molar-refractivity contribution in [1.29, 1.82) is 0 Å². The van der Waals surface area contributed by atoms with Crippen LogP contribution in [-0.2, 0) is 9.59 Å². The topological polar surface area (TPSA) is 49.4 Å². The van der Waals surface area contributed by atoms with E-state index in [1.165, 1.54) is 6.08 Å². The van der Waals surface area contributed by atoms with Crippen LogP contribution in [0.1, 0.15) is 24.0 Å². The molecule has 1 fully saturated rings. The van der Waals surface area contributed by atoms with Crippen LogP contribution >= 0.6 is 11.6 Å². The first-order valence-electron chi connectivity index (χ1n) is 8.19. The zero-order chi connectivity index (χ0) is 17.8. The Morgan fingerprint density at radius 1 is 1.24 bits per heavy atom. The van der Waals surface area contributed by atoms with Gasteiger partial charge in [-0.05, 0) is 48.7 Å². The van der Waals surface area contributed by atoms with Crippen molar-refractivity contribution in [3.8, 4) is 0 Å². The van der Waals surface area contributed by atoms with E-state index in [-0.39, 0.29) is 11.8 Å². The molecule has 128 valence electrons. The minimum atomic E-state index is -0.254. The van der Waals surface area contributed by atoms with E-state index in [2.05, 4.69) is 5.32 Å². The summed E-state index contributed by atoms with van der Waals surface area (Å²) in [5.41, 5.74) is 3.22. The number of halogens is 1. The second-order valence-corrected chi connectivity index (χ2v) is 6.40. The van der Waals surface area contributed by atoms with Gasteiger partial charge in [-0.3, -0.25) is 9.59 Å². The van der Waals surface area contributed by atoms with Crippen molar-refractivity contribution in [1.82, 2.24) is 0 Å². The number of carbonyl (C=O) groups is 2. The maximum Gasteiger partial charge on any atom is 0.248 e. The number of carbonyl (C=O) groups excluding carboxylic acids is 2. The van der Waals surface area contributed by atoms with Crippen LogP contribution in [0.4, 0.5) is 11.4 Å². The summed E-state index contributed by atoms with van der Waals surface area (Å²) in [4.78, 5) is 25.9. The molecule has 1 heterocycles. The van der Waals surface area contributed by atoms with Crippen molar-refractivity contribution < 1.29 is 9.59 Å². The molecule has 2 aromatic rings. The quantitative estimate of drug-likeness (QED) is 0.826. The van der Waals surface area contributed by atoms with E-state index >= 15 is 0 Å². The Morgan fingerprint density at radius 2 is 2.04 bits per heavy atom. The van der Waals surface area contributed by atoms with Crippen molar-refractivity contribution in [2.24, 2.45) is 0 Å². The van der Waals surface area contributed by atoms with E-state index < -0.39 is 0 Å². The van der Waals surface area contributed by atoms with Gasteiger partial charge in [0.2, 0.25) is 11.8 Å². The van der Waals surface area contributed by atoms with Crippen LogP contribution in [0.25, 0.3) is 6.08 Å². The molecule has 1 aliphatic rings. The van der Waals surface area contributed by atoms with E-state index in [9.17, 15) is 9.59 Å². The molecular formula is C20H19ClN2O2. The molecule has 25 heavy (non-hydrogen) atoms. The Hall–Kier alpha value is -2.59. The lowest BCUT2D eigenvalue weighted by molar-refractivity contribution is -0.117. The van der Waals surface area contributed by atoms with Gasteiger partial charge in [0.15, 0.2) is 0 Å². The molecule has 2 amide bonds. The zero-order valence-electron chi connectivity index (χ0n) is 14.0. The fourth-order valence-electron chi connectivity index (χ4n) is 2.78. The first-order chi connectivity index (χ1) is 12.0. The smallest absolute Gasteiger partial charge is 0.248 e. The summed E-state index contributed by atoms with van der Waals surface area (Å²) >= 11 is 6.09. The number of anilines is 2. The number of amides is 2. The van der Waals surface area contributed by atoms with Gasteiger partial charge in [-0.2, -0.15) is 0 Å². The van der Waals surface area contributed by atoms with E-state index in [4.69, 9.17) is 11.6 Å². The molecule has 0 radical (unpaired) electrons. The molecule has 3 rings (SSSR count). The third-order valence-corrected chi connectivity index (χ3v) is 4.56. The van der Waals surface area contributed by atoms with Gasteiger partial charge in [0.25, 0.3) is 0 Å². The van der Waals surface area contributed by atoms with Crippen LogP contribution in [0.3, 0.4) is 0 Å². The Kier molecular flexibility index (Phi) is 5.19. The molecule has 4 nitrogen and oxygen atoms in total. The lowest BCUT2D eigenvalue weighted by Gasteiger charge is -2.19. The summed E-state index contributed by atoms with van der Waals surface area (Å²) in [5, 5.41) is 3.52. The van der Waals surface area contributed by atoms with E-state index in [0.29, 0.717) is 23.7 Å². The maximum atomic E-state index is 12.3. The largest absolute Gasteiger partial charge is 0.321 e. The van der Waals surface area contributed by atoms with Gasteiger partial charge in [-0.25, -0.2) is 0 Å². The summed E-state index contributed by atoms with van der Waals surface area (Å²) in [6.07, 6.45) is 4.57.